The van der Waals surface area contributed by atoms with Crippen molar-refractivity contribution in [2.24, 2.45) is 0 Å². The minimum Gasteiger partial charge on any atom is -0.497 e. The average Bonchev–Trinajstić information content (AvgIpc) is 2.50. The molecule has 0 saturated heterocycles. The monoisotopic (exact) mass is 354 g/mol. The van der Waals surface area contributed by atoms with Crippen LogP contribution in [-0.2, 0) is 11.3 Å². The van der Waals surface area contributed by atoms with Gasteiger partial charge in [0.2, 0.25) is 0 Å². The lowest BCUT2D eigenvalue weighted by Gasteiger charge is -2.14. The number of aromatic nitrogens is 1. The van der Waals surface area contributed by atoms with Gasteiger partial charge in [0, 0.05) is 11.8 Å². The molecule has 1 aromatic carbocycles. The van der Waals surface area contributed by atoms with E-state index < -0.39 is 0 Å². The number of likely N-dealkylation sites (N-methyl/N-ethyl adjacent to an activating group) is 1. The molecule has 0 aliphatic carbocycles. The predicted octanol–water partition coefficient (Wildman–Crippen LogP) is 2.05. The molecular weight excluding hydrogens is 337 g/mol. The number of halogens is 2. The van der Waals surface area contributed by atoms with Crippen LogP contribution in [-0.4, -0.2) is 31.6 Å². The number of anilines is 1. The maximum atomic E-state index is 12.1. The SMILES string of the molecule is COc1cccc(C[NH+](C)CC(=O)Nc2ncc(Cl)cc2Cl)c1. The van der Waals surface area contributed by atoms with Gasteiger partial charge in [-0.05, 0) is 18.2 Å². The van der Waals surface area contributed by atoms with Crippen LogP contribution >= 0.6 is 23.2 Å². The number of quaternary nitrogens is 1. The van der Waals surface area contributed by atoms with Gasteiger partial charge in [-0.15, -0.1) is 0 Å². The summed E-state index contributed by atoms with van der Waals surface area (Å²) >= 11 is 11.8. The van der Waals surface area contributed by atoms with E-state index in [-0.39, 0.29) is 12.5 Å². The molecule has 0 fully saturated rings. The maximum Gasteiger partial charge on any atom is 0.280 e. The second-order valence-electron chi connectivity index (χ2n) is 5.19. The molecule has 0 saturated carbocycles. The highest BCUT2D eigenvalue weighted by atomic mass is 35.5. The Morgan fingerprint density at radius 2 is 2.13 bits per heavy atom. The molecule has 1 atom stereocenters. The average molecular weight is 355 g/mol. The summed E-state index contributed by atoms with van der Waals surface area (Å²) in [5.41, 5.74) is 1.09. The van der Waals surface area contributed by atoms with Crippen molar-refractivity contribution in [1.29, 1.82) is 0 Å². The number of carbonyl (C=O) groups excluding carboxylic acids is 1. The number of pyridine rings is 1. The highest BCUT2D eigenvalue weighted by Gasteiger charge is 2.13. The van der Waals surface area contributed by atoms with Crippen molar-refractivity contribution < 1.29 is 14.4 Å². The fourth-order valence-electron chi connectivity index (χ4n) is 2.15. The van der Waals surface area contributed by atoms with Crippen LogP contribution in [0.5, 0.6) is 5.75 Å². The molecule has 2 rings (SSSR count). The quantitative estimate of drug-likeness (QED) is 0.834. The van der Waals surface area contributed by atoms with Crippen molar-refractivity contribution in [3.05, 3.63) is 52.1 Å². The standard InChI is InChI=1S/C16H17Cl2N3O2/c1-21(9-11-4-3-5-13(6-11)23-2)10-15(22)20-16-14(18)7-12(17)8-19-16/h3-8H,9-10H2,1-2H3,(H,19,20,22)/p+1. The van der Waals surface area contributed by atoms with Crippen molar-refractivity contribution in [1.82, 2.24) is 4.98 Å². The summed E-state index contributed by atoms with van der Waals surface area (Å²) in [6, 6.07) is 9.32. The largest absolute Gasteiger partial charge is 0.497 e. The van der Waals surface area contributed by atoms with Crippen LogP contribution in [0.1, 0.15) is 5.56 Å². The van der Waals surface area contributed by atoms with Gasteiger partial charge < -0.3 is 15.0 Å². The van der Waals surface area contributed by atoms with Gasteiger partial charge in [-0.25, -0.2) is 4.98 Å². The summed E-state index contributed by atoms with van der Waals surface area (Å²) in [7, 11) is 3.57. The lowest BCUT2D eigenvalue weighted by Crippen LogP contribution is -3.08. The number of rotatable bonds is 6. The minimum atomic E-state index is -0.165. The van der Waals surface area contributed by atoms with E-state index in [2.05, 4.69) is 10.3 Å². The van der Waals surface area contributed by atoms with Crippen molar-refractivity contribution >= 4 is 34.9 Å². The number of ether oxygens (including phenoxy) is 1. The van der Waals surface area contributed by atoms with Gasteiger partial charge >= 0.3 is 0 Å². The van der Waals surface area contributed by atoms with Crippen LogP contribution < -0.4 is 15.0 Å². The topological polar surface area (TPSA) is 55.7 Å². The van der Waals surface area contributed by atoms with Gasteiger partial charge in [0.05, 0.1) is 24.2 Å². The third-order valence-electron chi connectivity index (χ3n) is 3.17. The number of benzene rings is 1. The zero-order valence-electron chi connectivity index (χ0n) is 12.9. The molecule has 122 valence electrons. The van der Waals surface area contributed by atoms with E-state index in [0.717, 1.165) is 16.2 Å². The summed E-state index contributed by atoms with van der Waals surface area (Å²) in [6.07, 6.45) is 1.44. The molecule has 0 aliphatic rings. The lowest BCUT2D eigenvalue weighted by molar-refractivity contribution is -0.885. The van der Waals surface area contributed by atoms with Crippen molar-refractivity contribution in [3.8, 4) is 5.75 Å². The van der Waals surface area contributed by atoms with Crippen molar-refractivity contribution in [2.75, 3.05) is 26.0 Å². The number of hydrogen-bond donors (Lipinski definition) is 2. The van der Waals surface area contributed by atoms with E-state index in [9.17, 15) is 4.79 Å². The maximum absolute atomic E-state index is 12.1. The Hall–Kier alpha value is -1.82. The molecule has 1 unspecified atom stereocenters. The van der Waals surface area contributed by atoms with Gasteiger partial charge in [-0.3, -0.25) is 4.79 Å². The number of methoxy groups -OCH3 is 1. The van der Waals surface area contributed by atoms with Gasteiger partial charge in [0.1, 0.15) is 12.3 Å². The molecule has 0 radical (unpaired) electrons. The van der Waals surface area contributed by atoms with Crippen molar-refractivity contribution in [3.63, 3.8) is 0 Å². The molecular formula is C16H18Cl2N3O2+. The zero-order valence-corrected chi connectivity index (χ0v) is 14.4. The van der Waals surface area contributed by atoms with Crippen LogP contribution in [0.25, 0.3) is 0 Å². The van der Waals surface area contributed by atoms with Gasteiger partial charge in [0.15, 0.2) is 12.4 Å². The second kappa shape index (κ2) is 8.15. The summed E-state index contributed by atoms with van der Waals surface area (Å²) in [4.78, 5) is 17.1. The Labute approximate surface area is 145 Å². The molecule has 0 spiro atoms. The zero-order chi connectivity index (χ0) is 16.8. The van der Waals surface area contributed by atoms with E-state index in [4.69, 9.17) is 27.9 Å². The molecule has 5 nitrogen and oxygen atoms in total. The smallest absolute Gasteiger partial charge is 0.280 e. The van der Waals surface area contributed by atoms with Crippen LogP contribution in [0, 0.1) is 0 Å². The number of carbonyl (C=O) groups is 1. The number of nitrogens with one attached hydrogen (secondary N) is 2. The molecule has 0 aliphatic heterocycles. The minimum absolute atomic E-state index is 0.165. The highest BCUT2D eigenvalue weighted by molar-refractivity contribution is 6.36. The Morgan fingerprint density at radius 1 is 1.35 bits per heavy atom. The Bertz CT molecular complexity index is 695. The number of nitrogens with zero attached hydrogens (tertiary/aromatic N) is 1. The Kier molecular flexibility index (Phi) is 6.21. The van der Waals surface area contributed by atoms with E-state index >= 15 is 0 Å². The summed E-state index contributed by atoms with van der Waals surface area (Å²) in [5, 5.41) is 3.43. The predicted molar refractivity (Wildman–Crippen MR) is 91.3 cm³/mol. The molecule has 2 N–H and O–H groups in total. The van der Waals surface area contributed by atoms with Crippen LogP contribution in [0.2, 0.25) is 10.0 Å². The normalized spacial score (nSPS) is 11.8. The molecule has 1 amide bonds. The summed E-state index contributed by atoms with van der Waals surface area (Å²) < 4.78 is 5.20. The first-order chi connectivity index (χ1) is 11.0. The van der Waals surface area contributed by atoms with Gasteiger partial charge in [-0.2, -0.15) is 0 Å². The first kappa shape index (κ1) is 17.5. The third-order valence-corrected chi connectivity index (χ3v) is 3.66. The van der Waals surface area contributed by atoms with Gasteiger partial charge in [-0.1, -0.05) is 35.3 Å². The van der Waals surface area contributed by atoms with E-state index in [0.29, 0.717) is 22.4 Å². The number of hydrogen-bond acceptors (Lipinski definition) is 3. The number of amides is 1. The Morgan fingerprint density at radius 3 is 2.83 bits per heavy atom. The molecule has 7 heteroatoms. The highest BCUT2D eigenvalue weighted by Crippen LogP contribution is 2.22. The van der Waals surface area contributed by atoms with E-state index in [1.165, 1.54) is 6.20 Å². The second-order valence-corrected chi connectivity index (χ2v) is 6.04. The van der Waals surface area contributed by atoms with Crippen LogP contribution in [0.15, 0.2) is 36.5 Å². The van der Waals surface area contributed by atoms with Crippen molar-refractivity contribution in [2.45, 2.75) is 6.54 Å². The molecule has 1 heterocycles. The summed E-state index contributed by atoms with van der Waals surface area (Å²) in [6.45, 7) is 0.990. The molecule has 1 aromatic heterocycles. The fraction of sp³-hybridized carbons (Fsp3) is 0.250. The lowest BCUT2D eigenvalue weighted by atomic mass is 10.2. The fourth-order valence-corrected chi connectivity index (χ4v) is 2.58. The van der Waals surface area contributed by atoms with Crippen LogP contribution in [0.3, 0.4) is 0 Å². The third kappa shape index (κ3) is 5.39. The molecule has 23 heavy (non-hydrogen) atoms. The molecule has 0 bridgehead atoms. The first-order valence-corrected chi connectivity index (χ1v) is 7.78. The molecule has 2 aromatic rings. The van der Waals surface area contributed by atoms with Crippen LogP contribution in [0.4, 0.5) is 5.82 Å². The van der Waals surface area contributed by atoms with E-state index in [1.807, 2.05) is 31.3 Å². The Balaban J connectivity index is 1.91. The first-order valence-electron chi connectivity index (χ1n) is 7.03. The van der Waals surface area contributed by atoms with Gasteiger partial charge in [0.25, 0.3) is 5.91 Å². The van der Waals surface area contributed by atoms with E-state index in [1.54, 1.807) is 13.2 Å². The summed E-state index contributed by atoms with van der Waals surface area (Å²) in [5.74, 6) is 0.953.